The average molecular weight is 475 g/mol. The van der Waals surface area contributed by atoms with E-state index >= 15 is 0 Å². The van der Waals surface area contributed by atoms with Crippen LogP contribution in [0.3, 0.4) is 0 Å². The van der Waals surface area contributed by atoms with Gasteiger partial charge in [0.05, 0.1) is 11.2 Å². The highest BCUT2D eigenvalue weighted by Gasteiger charge is 2.27. The fraction of sp³-hybridized carbons (Fsp3) is 0.448. The molecule has 2 aromatic carbocycles. The molecule has 0 bridgehead atoms. The molecule has 0 saturated heterocycles. The average Bonchev–Trinajstić information content (AvgIpc) is 3.34. The zero-order valence-corrected chi connectivity index (χ0v) is 20.7. The van der Waals surface area contributed by atoms with E-state index in [0.29, 0.717) is 19.7 Å². The van der Waals surface area contributed by atoms with E-state index in [0.717, 1.165) is 76.9 Å². The second kappa shape index (κ2) is 10.6. The summed E-state index contributed by atoms with van der Waals surface area (Å²) in [6.07, 6.45) is 6.31. The number of fused-ring (bicyclic) bond motifs is 2. The highest BCUT2D eigenvalue weighted by Crippen LogP contribution is 2.38. The third-order valence-electron chi connectivity index (χ3n) is 7.19. The van der Waals surface area contributed by atoms with Gasteiger partial charge in [0.15, 0.2) is 11.5 Å². The van der Waals surface area contributed by atoms with Crippen molar-refractivity contribution in [2.24, 2.45) is 5.92 Å². The van der Waals surface area contributed by atoms with E-state index < -0.39 is 0 Å². The Kier molecular flexibility index (Phi) is 7.19. The van der Waals surface area contributed by atoms with Gasteiger partial charge in [-0.05, 0) is 49.4 Å². The first kappa shape index (κ1) is 23.6. The summed E-state index contributed by atoms with van der Waals surface area (Å²) in [5, 5.41) is 0.989. The number of pyridine rings is 1. The quantitative estimate of drug-likeness (QED) is 0.381. The number of amides is 1. The Hall–Kier alpha value is -3.12. The minimum Gasteiger partial charge on any atom is -0.454 e. The third-order valence-corrected chi connectivity index (χ3v) is 7.19. The van der Waals surface area contributed by atoms with Gasteiger partial charge < -0.3 is 19.1 Å². The van der Waals surface area contributed by atoms with Crippen LogP contribution in [-0.4, -0.2) is 42.8 Å². The van der Waals surface area contributed by atoms with Crippen LogP contribution in [0.1, 0.15) is 49.7 Å². The zero-order valence-electron chi connectivity index (χ0n) is 20.7. The van der Waals surface area contributed by atoms with Gasteiger partial charge in [-0.25, -0.2) is 4.98 Å². The lowest BCUT2D eigenvalue weighted by Gasteiger charge is -2.30. The van der Waals surface area contributed by atoms with Crippen LogP contribution in [0.25, 0.3) is 22.2 Å². The van der Waals surface area contributed by atoms with Crippen molar-refractivity contribution in [1.82, 2.24) is 9.88 Å². The number of aromatic nitrogens is 1. The number of carbonyl (C=O) groups is 1. The second-order valence-electron chi connectivity index (χ2n) is 9.65. The molecule has 6 heteroatoms. The topological polar surface area (TPSA) is 60.9 Å². The number of rotatable bonds is 8. The monoisotopic (exact) mass is 474 g/mol. The van der Waals surface area contributed by atoms with Gasteiger partial charge in [-0.1, -0.05) is 43.5 Å². The number of nitrogens with zero attached hydrogens (tertiary/aromatic N) is 2. The van der Waals surface area contributed by atoms with Crippen molar-refractivity contribution in [3.05, 3.63) is 53.6 Å². The Bertz CT molecular complexity index is 1200. The molecule has 1 amide bonds. The van der Waals surface area contributed by atoms with Gasteiger partial charge in [-0.3, -0.25) is 4.79 Å². The molecule has 2 heterocycles. The first-order valence-corrected chi connectivity index (χ1v) is 12.7. The Morgan fingerprint density at radius 2 is 1.86 bits per heavy atom. The van der Waals surface area contributed by atoms with Crippen LogP contribution in [0.5, 0.6) is 11.5 Å². The van der Waals surface area contributed by atoms with Crippen LogP contribution in [0.15, 0.2) is 42.5 Å². The molecule has 0 atom stereocenters. The van der Waals surface area contributed by atoms with E-state index in [9.17, 15) is 4.79 Å². The Morgan fingerprint density at radius 1 is 1.09 bits per heavy atom. The molecule has 1 saturated carbocycles. The van der Waals surface area contributed by atoms with Gasteiger partial charge in [-0.15, -0.1) is 0 Å². The van der Waals surface area contributed by atoms with Crippen molar-refractivity contribution in [1.29, 1.82) is 0 Å². The third kappa shape index (κ3) is 5.13. The van der Waals surface area contributed by atoms with Crippen LogP contribution in [-0.2, 0) is 16.1 Å². The molecule has 0 N–H and O–H groups in total. The Balaban J connectivity index is 1.56. The molecule has 6 nitrogen and oxygen atoms in total. The number of carbonyl (C=O) groups excluding carboxylic acids is 1. The summed E-state index contributed by atoms with van der Waals surface area (Å²) in [5.74, 6) is 1.85. The maximum Gasteiger partial charge on any atom is 0.231 e. The normalized spacial score (nSPS) is 15.5. The molecule has 35 heavy (non-hydrogen) atoms. The molecule has 0 unspecified atom stereocenters. The van der Waals surface area contributed by atoms with Crippen molar-refractivity contribution in [3.63, 3.8) is 0 Å². The summed E-state index contributed by atoms with van der Waals surface area (Å²) in [6, 6.07) is 14.4. The molecule has 0 radical (unpaired) electrons. The minimum atomic E-state index is 0.121. The predicted molar refractivity (Wildman–Crippen MR) is 137 cm³/mol. The largest absolute Gasteiger partial charge is 0.454 e. The first-order chi connectivity index (χ1) is 17.1. The number of methoxy groups -OCH3 is 1. The van der Waals surface area contributed by atoms with E-state index in [1.54, 1.807) is 7.11 Å². The minimum absolute atomic E-state index is 0.121. The highest BCUT2D eigenvalue weighted by atomic mass is 16.7. The lowest BCUT2D eigenvalue weighted by atomic mass is 9.88. The molecule has 3 aromatic rings. The maximum absolute atomic E-state index is 13.7. The molecule has 1 fully saturated rings. The van der Waals surface area contributed by atoms with E-state index in [1.807, 2.05) is 29.2 Å². The highest BCUT2D eigenvalue weighted by molar-refractivity contribution is 5.87. The Morgan fingerprint density at radius 3 is 2.63 bits per heavy atom. The molecule has 5 rings (SSSR count). The molecule has 184 valence electrons. The van der Waals surface area contributed by atoms with Crippen molar-refractivity contribution in [2.75, 3.05) is 27.1 Å². The summed E-state index contributed by atoms with van der Waals surface area (Å²) in [6.45, 7) is 4.18. The van der Waals surface area contributed by atoms with E-state index in [2.05, 4.69) is 25.1 Å². The van der Waals surface area contributed by atoms with Gasteiger partial charge >= 0.3 is 0 Å². The number of benzene rings is 2. The number of hydrogen-bond acceptors (Lipinski definition) is 5. The standard InChI is InChI=1S/C29H34N2O4/c1-20-9-6-7-12-24(20)28-23(15-22-16-26-27(35-19-34-26)17-25(22)30-28)18-31(13-8-14-33-2)29(32)21-10-4-3-5-11-21/h6-7,9,12,15-17,21H,3-5,8,10-11,13-14,18-19H2,1-2H3. The molecule has 1 aliphatic carbocycles. The van der Waals surface area contributed by atoms with Crippen molar-refractivity contribution < 1.29 is 19.0 Å². The van der Waals surface area contributed by atoms with Gasteiger partial charge in [0.25, 0.3) is 0 Å². The summed E-state index contributed by atoms with van der Waals surface area (Å²) >= 11 is 0. The van der Waals surface area contributed by atoms with Crippen molar-refractivity contribution in [2.45, 2.75) is 52.0 Å². The van der Waals surface area contributed by atoms with Crippen LogP contribution >= 0.6 is 0 Å². The fourth-order valence-corrected chi connectivity index (χ4v) is 5.28. The molecule has 0 spiro atoms. The van der Waals surface area contributed by atoms with Crippen LogP contribution in [0.4, 0.5) is 0 Å². The van der Waals surface area contributed by atoms with Crippen molar-refractivity contribution in [3.8, 4) is 22.8 Å². The SMILES string of the molecule is COCCCN(Cc1cc2cc3c(cc2nc1-c1ccccc1C)OCO3)C(=O)C1CCCCC1. The van der Waals surface area contributed by atoms with Crippen LogP contribution in [0, 0.1) is 12.8 Å². The lowest BCUT2D eigenvalue weighted by Crippen LogP contribution is -2.37. The lowest BCUT2D eigenvalue weighted by molar-refractivity contribution is -0.137. The molecular weight excluding hydrogens is 440 g/mol. The number of hydrogen-bond donors (Lipinski definition) is 0. The molecular formula is C29H34N2O4. The Labute approximate surface area is 207 Å². The fourth-order valence-electron chi connectivity index (χ4n) is 5.28. The first-order valence-electron chi connectivity index (χ1n) is 12.7. The summed E-state index contributed by atoms with van der Waals surface area (Å²) in [4.78, 5) is 20.8. The van der Waals surface area contributed by atoms with Gasteiger partial charge in [-0.2, -0.15) is 0 Å². The van der Waals surface area contributed by atoms with Crippen molar-refractivity contribution >= 4 is 16.8 Å². The predicted octanol–water partition coefficient (Wildman–Crippen LogP) is 5.88. The second-order valence-corrected chi connectivity index (χ2v) is 9.65. The van der Waals surface area contributed by atoms with Gasteiger partial charge in [0, 0.05) is 49.7 Å². The van der Waals surface area contributed by atoms with E-state index in [1.165, 1.54) is 6.42 Å². The van der Waals surface area contributed by atoms with Gasteiger partial charge in [0.1, 0.15) is 0 Å². The molecule has 1 aromatic heterocycles. The maximum atomic E-state index is 13.7. The number of ether oxygens (including phenoxy) is 3. The van der Waals surface area contributed by atoms with E-state index in [-0.39, 0.29) is 18.6 Å². The van der Waals surface area contributed by atoms with E-state index in [4.69, 9.17) is 19.2 Å². The van der Waals surface area contributed by atoms with Crippen LogP contribution < -0.4 is 9.47 Å². The smallest absolute Gasteiger partial charge is 0.231 e. The van der Waals surface area contributed by atoms with Gasteiger partial charge in [0.2, 0.25) is 12.7 Å². The molecule has 2 aliphatic rings. The summed E-state index contributed by atoms with van der Waals surface area (Å²) < 4.78 is 16.5. The molecule has 1 aliphatic heterocycles. The zero-order chi connectivity index (χ0) is 24.2. The summed E-state index contributed by atoms with van der Waals surface area (Å²) in [7, 11) is 1.71. The number of aryl methyl sites for hydroxylation is 1. The summed E-state index contributed by atoms with van der Waals surface area (Å²) in [5.41, 5.74) is 5.07. The van der Waals surface area contributed by atoms with Crippen LogP contribution in [0.2, 0.25) is 0 Å².